The van der Waals surface area contributed by atoms with Crippen molar-refractivity contribution < 1.29 is 0 Å². The Hall–Kier alpha value is -2.99. The lowest BCUT2D eigenvalue weighted by Crippen LogP contribution is -2.54. The predicted octanol–water partition coefficient (Wildman–Crippen LogP) is 2.26. The van der Waals surface area contributed by atoms with E-state index in [9.17, 15) is 0 Å². The molecule has 0 aliphatic carbocycles. The highest BCUT2D eigenvalue weighted by Crippen LogP contribution is 2.29. The topological polar surface area (TPSA) is 102 Å². The first-order chi connectivity index (χ1) is 10.7. The first-order valence-electron chi connectivity index (χ1n) is 6.82. The number of benzene rings is 1. The number of nitrogens with zero attached hydrogens (tertiary/aromatic N) is 3. The fourth-order valence-electron chi connectivity index (χ4n) is 2.19. The number of hydrogen-bond acceptors (Lipinski definition) is 6. The lowest BCUT2D eigenvalue weighted by molar-refractivity contribution is 0.467. The van der Waals surface area contributed by atoms with Crippen LogP contribution in [0, 0.1) is 0 Å². The first-order valence-corrected chi connectivity index (χ1v) is 6.82. The maximum absolute atomic E-state index is 6.39. The average Bonchev–Trinajstić information content (AvgIpc) is 2.55. The number of hydrogen-bond donors (Lipinski definition) is 3. The molecular weight excluding hydrogens is 276 g/mol. The third-order valence-electron chi connectivity index (χ3n) is 3.22. The van der Waals surface area contributed by atoms with E-state index >= 15 is 0 Å². The number of allylic oxidation sites excluding steroid dienone is 2. The molecule has 0 bridgehead atoms. The standard InChI is InChI=1S/C16H16N6/c17-14-10-9-13(12-6-2-1-3-7-12)16(18,20-14)22-21-15-8-4-5-11-19-15/h1-11,20H,17-18H2. The van der Waals surface area contributed by atoms with Crippen molar-refractivity contribution in [2.75, 3.05) is 0 Å². The van der Waals surface area contributed by atoms with Gasteiger partial charge in [0, 0.05) is 11.8 Å². The Labute approximate surface area is 128 Å². The van der Waals surface area contributed by atoms with E-state index < -0.39 is 5.79 Å². The molecule has 1 aromatic carbocycles. The molecule has 2 aromatic rings. The van der Waals surface area contributed by atoms with Gasteiger partial charge in [0.25, 0.3) is 0 Å². The van der Waals surface area contributed by atoms with Gasteiger partial charge in [-0.05, 0) is 29.8 Å². The molecule has 110 valence electrons. The zero-order valence-electron chi connectivity index (χ0n) is 11.8. The predicted molar refractivity (Wildman–Crippen MR) is 85.5 cm³/mol. The van der Waals surface area contributed by atoms with Crippen molar-refractivity contribution >= 4 is 11.4 Å². The zero-order chi connectivity index (χ0) is 15.4. The summed E-state index contributed by atoms with van der Waals surface area (Å²) in [6, 6.07) is 15.1. The van der Waals surface area contributed by atoms with Crippen molar-refractivity contribution in [2.45, 2.75) is 5.79 Å². The lowest BCUT2D eigenvalue weighted by Gasteiger charge is -2.31. The Bertz CT molecular complexity index is 736. The van der Waals surface area contributed by atoms with E-state index in [1.54, 1.807) is 18.3 Å². The molecule has 0 amide bonds. The fraction of sp³-hybridized carbons (Fsp3) is 0.0625. The van der Waals surface area contributed by atoms with Gasteiger partial charge in [-0.1, -0.05) is 36.4 Å². The minimum Gasteiger partial charge on any atom is -0.385 e. The van der Waals surface area contributed by atoms with Crippen molar-refractivity contribution in [3.05, 3.63) is 78.3 Å². The van der Waals surface area contributed by atoms with Gasteiger partial charge in [-0.15, -0.1) is 10.2 Å². The van der Waals surface area contributed by atoms with E-state index in [-0.39, 0.29) is 0 Å². The zero-order valence-corrected chi connectivity index (χ0v) is 11.8. The molecular formula is C16H16N6. The highest BCUT2D eigenvalue weighted by Gasteiger charge is 2.33. The summed E-state index contributed by atoms with van der Waals surface area (Å²) in [5.74, 6) is -0.325. The summed E-state index contributed by atoms with van der Waals surface area (Å²) in [7, 11) is 0. The van der Waals surface area contributed by atoms with Crippen molar-refractivity contribution in [3.63, 3.8) is 0 Å². The quantitative estimate of drug-likeness (QED) is 0.755. The monoisotopic (exact) mass is 292 g/mol. The molecule has 3 rings (SSSR count). The Balaban J connectivity index is 1.98. The van der Waals surface area contributed by atoms with Crippen LogP contribution in [0.25, 0.3) is 5.57 Å². The number of azo groups is 1. The van der Waals surface area contributed by atoms with Gasteiger partial charge in [0.05, 0.1) is 5.82 Å². The van der Waals surface area contributed by atoms with E-state index in [1.165, 1.54) is 0 Å². The molecule has 1 atom stereocenters. The van der Waals surface area contributed by atoms with Crippen LogP contribution in [-0.4, -0.2) is 10.8 Å². The van der Waals surface area contributed by atoms with Gasteiger partial charge >= 0.3 is 0 Å². The second-order valence-corrected chi connectivity index (χ2v) is 4.85. The van der Waals surface area contributed by atoms with E-state index in [1.807, 2.05) is 48.5 Å². The van der Waals surface area contributed by atoms with Crippen LogP contribution in [0.15, 0.2) is 82.9 Å². The first kappa shape index (κ1) is 14.0. The molecule has 0 radical (unpaired) electrons. The Morgan fingerprint density at radius 3 is 2.50 bits per heavy atom. The van der Waals surface area contributed by atoms with Gasteiger partial charge in [-0.3, -0.25) is 5.73 Å². The summed E-state index contributed by atoms with van der Waals surface area (Å²) in [5, 5.41) is 11.3. The lowest BCUT2D eigenvalue weighted by atomic mass is 9.97. The summed E-state index contributed by atoms with van der Waals surface area (Å²) in [6.07, 6.45) is 5.25. The SMILES string of the molecule is NC1=CC=C(c2ccccc2)C(N)(N=Nc2ccccn2)N1. The molecule has 6 heteroatoms. The third kappa shape index (κ3) is 2.87. The Morgan fingerprint density at radius 2 is 1.77 bits per heavy atom. The van der Waals surface area contributed by atoms with E-state index in [0.717, 1.165) is 11.1 Å². The largest absolute Gasteiger partial charge is 0.385 e. The molecule has 6 nitrogen and oxygen atoms in total. The number of pyridine rings is 1. The highest BCUT2D eigenvalue weighted by atomic mass is 15.4. The summed E-state index contributed by atoms with van der Waals surface area (Å²) in [6.45, 7) is 0. The molecule has 2 heterocycles. The van der Waals surface area contributed by atoms with Crippen molar-refractivity contribution in [1.29, 1.82) is 0 Å². The number of nitrogens with one attached hydrogen (secondary N) is 1. The molecule has 22 heavy (non-hydrogen) atoms. The number of dihydropyridines is 1. The molecule has 1 aliphatic heterocycles. The van der Waals surface area contributed by atoms with Gasteiger partial charge in [0.1, 0.15) is 0 Å². The Kier molecular flexibility index (Phi) is 3.67. The Morgan fingerprint density at radius 1 is 1.00 bits per heavy atom. The van der Waals surface area contributed by atoms with Crippen LogP contribution in [0.1, 0.15) is 5.56 Å². The fourth-order valence-corrected chi connectivity index (χ4v) is 2.19. The van der Waals surface area contributed by atoms with E-state index in [0.29, 0.717) is 11.6 Å². The number of rotatable bonds is 3. The van der Waals surface area contributed by atoms with Crippen LogP contribution in [0.5, 0.6) is 0 Å². The van der Waals surface area contributed by atoms with Crippen LogP contribution < -0.4 is 16.8 Å². The molecule has 1 aliphatic rings. The molecule has 1 aromatic heterocycles. The van der Waals surface area contributed by atoms with Crippen molar-refractivity contribution in [3.8, 4) is 0 Å². The van der Waals surface area contributed by atoms with E-state index in [4.69, 9.17) is 11.5 Å². The molecule has 1 unspecified atom stereocenters. The summed E-state index contributed by atoms with van der Waals surface area (Å²) < 4.78 is 0. The normalized spacial score (nSPS) is 21.1. The van der Waals surface area contributed by atoms with Crippen LogP contribution in [0.3, 0.4) is 0 Å². The molecule has 0 spiro atoms. The van der Waals surface area contributed by atoms with Crippen molar-refractivity contribution in [2.24, 2.45) is 21.7 Å². The number of aromatic nitrogens is 1. The average molecular weight is 292 g/mol. The minimum atomic E-state index is -1.24. The third-order valence-corrected chi connectivity index (χ3v) is 3.22. The summed E-state index contributed by atoms with van der Waals surface area (Å²) in [4.78, 5) is 4.10. The van der Waals surface area contributed by atoms with Crippen LogP contribution >= 0.6 is 0 Å². The second kappa shape index (κ2) is 5.79. The summed E-state index contributed by atoms with van der Waals surface area (Å²) in [5.41, 5.74) is 13.9. The molecule has 5 N–H and O–H groups in total. The highest BCUT2D eigenvalue weighted by molar-refractivity contribution is 5.75. The number of nitrogens with two attached hydrogens (primary N) is 2. The van der Waals surface area contributed by atoms with Gasteiger partial charge in [-0.25, -0.2) is 4.98 Å². The van der Waals surface area contributed by atoms with Crippen LogP contribution in [-0.2, 0) is 0 Å². The van der Waals surface area contributed by atoms with E-state index in [2.05, 4.69) is 20.5 Å². The molecule has 0 saturated heterocycles. The second-order valence-electron chi connectivity index (χ2n) is 4.85. The van der Waals surface area contributed by atoms with Gasteiger partial charge in [0.15, 0.2) is 5.82 Å². The van der Waals surface area contributed by atoms with Crippen LogP contribution in [0.2, 0.25) is 0 Å². The smallest absolute Gasteiger partial charge is 0.230 e. The molecule has 0 saturated carbocycles. The van der Waals surface area contributed by atoms with Gasteiger partial charge < -0.3 is 11.1 Å². The summed E-state index contributed by atoms with van der Waals surface area (Å²) >= 11 is 0. The van der Waals surface area contributed by atoms with Gasteiger partial charge in [-0.2, -0.15) is 0 Å². The minimum absolute atomic E-state index is 0.433. The van der Waals surface area contributed by atoms with Gasteiger partial charge in [0.2, 0.25) is 5.79 Å². The van der Waals surface area contributed by atoms with Crippen molar-refractivity contribution in [1.82, 2.24) is 10.3 Å². The maximum Gasteiger partial charge on any atom is 0.230 e. The molecule has 0 fully saturated rings. The van der Waals surface area contributed by atoms with Crippen LogP contribution in [0.4, 0.5) is 5.82 Å². The maximum atomic E-state index is 6.39.